The first-order valence-corrected chi connectivity index (χ1v) is 8.42. The van der Waals surface area contributed by atoms with Crippen LogP contribution < -0.4 is 0 Å². The van der Waals surface area contributed by atoms with Crippen molar-refractivity contribution < 1.29 is 19.5 Å². The number of aromatic nitrogens is 1. The number of carbonyl (C=O) groups is 3. The standard InChI is InChI=1S/C14H21N3O2S.CH2O2/c1-4-16-7-13(18)17(6-11-8-20-9-15-11)12(14(16)19)5-10(2)3;2-1-3/h8-10,12H,4-7H2,1-3H3;1H,(H,2,3)/t12-;/m0./s1. The maximum Gasteiger partial charge on any atom is 0.290 e. The van der Waals surface area contributed by atoms with Gasteiger partial charge in [-0.15, -0.1) is 11.3 Å². The lowest BCUT2D eigenvalue weighted by atomic mass is 9.98. The lowest BCUT2D eigenvalue weighted by molar-refractivity contribution is -0.157. The molecule has 0 aromatic carbocycles. The van der Waals surface area contributed by atoms with Crippen LogP contribution in [0.2, 0.25) is 0 Å². The highest BCUT2D eigenvalue weighted by atomic mass is 32.1. The van der Waals surface area contributed by atoms with E-state index in [2.05, 4.69) is 18.8 Å². The molecule has 2 rings (SSSR count). The van der Waals surface area contributed by atoms with Gasteiger partial charge in [-0.3, -0.25) is 14.4 Å². The third-order valence-corrected chi connectivity index (χ3v) is 4.15. The van der Waals surface area contributed by atoms with Crippen LogP contribution in [0, 0.1) is 5.92 Å². The predicted molar refractivity (Wildman–Crippen MR) is 86.9 cm³/mol. The minimum absolute atomic E-state index is 0.0186. The molecule has 23 heavy (non-hydrogen) atoms. The molecule has 0 spiro atoms. The van der Waals surface area contributed by atoms with E-state index in [-0.39, 0.29) is 30.9 Å². The average molecular weight is 341 g/mol. The van der Waals surface area contributed by atoms with E-state index < -0.39 is 0 Å². The lowest BCUT2D eigenvalue weighted by Crippen LogP contribution is -2.59. The second-order valence-electron chi connectivity index (χ2n) is 5.60. The van der Waals surface area contributed by atoms with Gasteiger partial charge >= 0.3 is 0 Å². The number of likely N-dealkylation sites (N-methyl/N-ethyl adjacent to an activating group) is 1. The molecule has 1 fully saturated rings. The van der Waals surface area contributed by atoms with Crippen molar-refractivity contribution in [1.29, 1.82) is 0 Å². The zero-order valence-corrected chi connectivity index (χ0v) is 14.5. The molecule has 1 saturated heterocycles. The van der Waals surface area contributed by atoms with Gasteiger partial charge < -0.3 is 14.9 Å². The molecule has 1 N–H and O–H groups in total. The van der Waals surface area contributed by atoms with Crippen LogP contribution >= 0.6 is 11.3 Å². The van der Waals surface area contributed by atoms with Crippen molar-refractivity contribution in [2.45, 2.75) is 39.8 Å². The number of amides is 2. The summed E-state index contributed by atoms with van der Waals surface area (Å²) in [6.45, 7) is 7.02. The Kier molecular flexibility index (Phi) is 7.67. The molecule has 0 aliphatic carbocycles. The molecular formula is C15H23N3O4S. The van der Waals surface area contributed by atoms with E-state index in [1.807, 2.05) is 12.3 Å². The Labute approximate surface area is 139 Å². The second kappa shape index (κ2) is 9.24. The highest BCUT2D eigenvalue weighted by molar-refractivity contribution is 7.07. The quantitative estimate of drug-likeness (QED) is 0.819. The van der Waals surface area contributed by atoms with Crippen LogP contribution in [0.15, 0.2) is 10.9 Å². The molecule has 2 heterocycles. The third kappa shape index (κ3) is 5.31. The Morgan fingerprint density at radius 3 is 2.61 bits per heavy atom. The van der Waals surface area contributed by atoms with Crippen LogP contribution in [0.1, 0.15) is 32.9 Å². The molecular weight excluding hydrogens is 318 g/mol. The Bertz CT molecular complexity index is 519. The molecule has 1 atom stereocenters. The van der Waals surface area contributed by atoms with Crippen molar-refractivity contribution in [1.82, 2.24) is 14.8 Å². The zero-order chi connectivity index (χ0) is 17.4. The summed E-state index contributed by atoms with van der Waals surface area (Å²) in [4.78, 5) is 40.8. The van der Waals surface area contributed by atoms with Crippen LogP contribution in [0.25, 0.3) is 0 Å². The van der Waals surface area contributed by atoms with Crippen LogP contribution in [-0.2, 0) is 20.9 Å². The maximum absolute atomic E-state index is 12.5. The Hall–Kier alpha value is -1.96. The summed E-state index contributed by atoms with van der Waals surface area (Å²) in [5.74, 6) is 0.451. The largest absolute Gasteiger partial charge is 0.483 e. The highest BCUT2D eigenvalue weighted by Crippen LogP contribution is 2.21. The molecule has 8 heteroatoms. The third-order valence-electron chi connectivity index (χ3n) is 3.51. The average Bonchev–Trinajstić information content (AvgIpc) is 3.00. The van der Waals surface area contributed by atoms with Gasteiger partial charge in [-0.1, -0.05) is 13.8 Å². The van der Waals surface area contributed by atoms with E-state index in [1.54, 1.807) is 15.3 Å². The topological polar surface area (TPSA) is 90.8 Å². The van der Waals surface area contributed by atoms with Gasteiger partial charge in [0.2, 0.25) is 11.8 Å². The Balaban J connectivity index is 0.000000816. The van der Waals surface area contributed by atoms with Gasteiger partial charge in [-0.25, -0.2) is 4.98 Å². The first kappa shape index (κ1) is 19.1. The molecule has 0 radical (unpaired) electrons. The van der Waals surface area contributed by atoms with Crippen molar-refractivity contribution >= 4 is 29.6 Å². The summed E-state index contributed by atoms with van der Waals surface area (Å²) >= 11 is 1.51. The summed E-state index contributed by atoms with van der Waals surface area (Å²) in [6, 6.07) is -0.349. The second-order valence-corrected chi connectivity index (χ2v) is 6.32. The summed E-state index contributed by atoms with van der Waals surface area (Å²) < 4.78 is 0. The van der Waals surface area contributed by atoms with Crippen LogP contribution in [0.3, 0.4) is 0 Å². The number of carbonyl (C=O) groups excluding carboxylic acids is 2. The molecule has 1 aromatic rings. The number of rotatable bonds is 5. The van der Waals surface area contributed by atoms with E-state index in [9.17, 15) is 9.59 Å². The van der Waals surface area contributed by atoms with Crippen molar-refractivity contribution in [2.24, 2.45) is 5.92 Å². The van der Waals surface area contributed by atoms with E-state index >= 15 is 0 Å². The van der Waals surface area contributed by atoms with Gasteiger partial charge in [0.25, 0.3) is 6.47 Å². The van der Waals surface area contributed by atoms with Crippen LogP contribution in [0.5, 0.6) is 0 Å². The number of hydrogen-bond donors (Lipinski definition) is 1. The normalized spacial score (nSPS) is 18.0. The molecule has 2 amide bonds. The van der Waals surface area contributed by atoms with Crippen LogP contribution in [0.4, 0.5) is 0 Å². The van der Waals surface area contributed by atoms with E-state index in [0.717, 1.165) is 5.69 Å². The molecule has 128 valence electrons. The van der Waals surface area contributed by atoms with Crippen molar-refractivity contribution in [2.75, 3.05) is 13.1 Å². The predicted octanol–water partition coefficient (Wildman–Crippen LogP) is 1.45. The van der Waals surface area contributed by atoms with Gasteiger partial charge in [-0.05, 0) is 19.3 Å². The Morgan fingerprint density at radius 1 is 1.48 bits per heavy atom. The summed E-state index contributed by atoms with van der Waals surface area (Å²) in [6.07, 6.45) is 0.700. The van der Waals surface area contributed by atoms with Gasteiger partial charge in [0.15, 0.2) is 0 Å². The van der Waals surface area contributed by atoms with Crippen molar-refractivity contribution in [3.8, 4) is 0 Å². The van der Waals surface area contributed by atoms with Gasteiger partial charge in [-0.2, -0.15) is 0 Å². The number of piperazine rings is 1. The van der Waals surface area contributed by atoms with E-state index in [1.165, 1.54) is 11.3 Å². The van der Waals surface area contributed by atoms with Crippen molar-refractivity contribution in [3.05, 3.63) is 16.6 Å². The summed E-state index contributed by atoms with van der Waals surface area (Å²) in [7, 11) is 0. The van der Waals surface area contributed by atoms with Gasteiger partial charge in [0.05, 0.1) is 24.3 Å². The summed E-state index contributed by atoms with van der Waals surface area (Å²) in [5, 5.41) is 8.82. The maximum atomic E-state index is 12.5. The van der Waals surface area contributed by atoms with Gasteiger partial charge in [0.1, 0.15) is 6.04 Å². The fourth-order valence-electron chi connectivity index (χ4n) is 2.48. The Morgan fingerprint density at radius 2 is 2.13 bits per heavy atom. The molecule has 1 aliphatic heterocycles. The molecule has 0 saturated carbocycles. The van der Waals surface area contributed by atoms with E-state index in [0.29, 0.717) is 25.4 Å². The monoisotopic (exact) mass is 341 g/mol. The zero-order valence-electron chi connectivity index (χ0n) is 13.6. The fraction of sp³-hybridized carbons (Fsp3) is 0.600. The minimum atomic E-state index is -0.349. The first-order chi connectivity index (χ1) is 10.9. The number of nitrogens with zero attached hydrogens (tertiary/aromatic N) is 3. The highest BCUT2D eigenvalue weighted by Gasteiger charge is 2.38. The van der Waals surface area contributed by atoms with Crippen molar-refractivity contribution in [3.63, 3.8) is 0 Å². The summed E-state index contributed by atoms with van der Waals surface area (Å²) in [5.41, 5.74) is 2.61. The molecule has 7 nitrogen and oxygen atoms in total. The molecule has 1 aromatic heterocycles. The first-order valence-electron chi connectivity index (χ1n) is 7.47. The molecule has 0 unspecified atom stereocenters. The van der Waals surface area contributed by atoms with Gasteiger partial charge in [0, 0.05) is 11.9 Å². The molecule has 1 aliphatic rings. The SMILES string of the molecule is CCN1CC(=O)N(Cc2cscn2)[C@@H](CC(C)C)C1=O.O=CO. The number of hydrogen-bond acceptors (Lipinski definition) is 5. The fourth-order valence-corrected chi connectivity index (χ4v) is 3.03. The molecule has 0 bridgehead atoms. The minimum Gasteiger partial charge on any atom is -0.483 e. The smallest absolute Gasteiger partial charge is 0.290 e. The van der Waals surface area contributed by atoms with E-state index in [4.69, 9.17) is 9.90 Å². The van der Waals surface area contributed by atoms with Crippen LogP contribution in [-0.4, -0.2) is 57.3 Å². The lowest BCUT2D eigenvalue weighted by Gasteiger charge is -2.40. The number of carboxylic acid groups (broad SMARTS) is 1. The number of thiazole rings is 1.